The molecule has 1 unspecified atom stereocenters. The minimum atomic E-state index is -0.847. The standard InChI is InChI=1S/C17H22N4O/c1-17(16(20)22,10-12-5-7-14(18)8-6-12)21-11-13-3-2-4-15(19)9-13/h2-9,21H,10-11,18-19H2,1H3,(H2,20,22). The average Bonchev–Trinajstić information content (AvgIpc) is 2.48. The van der Waals surface area contributed by atoms with Gasteiger partial charge in [-0.05, 0) is 48.7 Å². The lowest BCUT2D eigenvalue weighted by atomic mass is 9.91. The number of nitrogens with two attached hydrogens (primary N) is 3. The van der Waals surface area contributed by atoms with E-state index in [-0.39, 0.29) is 0 Å². The van der Waals surface area contributed by atoms with Crippen molar-refractivity contribution in [2.24, 2.45) is 5.73 Å². The summed E-state index contributed by atoms with van der Waals surface area (Å²) in [6, 6.07) is 15.0. The number of nitrogens with one attached hydrogen (secondary N) is 1. The Kier molecular flexibility index (Phi) is 4.68. The Morgan fingerprint density at radius 2 is 1.73 bits per heavy atom. The normalized spacial score (nSPS) is 13.5. The molecule has 116 valence electrons. The van der Waals surface area contributed by atoms with Gasteiger partial charge in [0.25, 0.3) is 0 Å². The zero-order chi connectivity index (χ0) is 16.2. The van der Waals surface area contributed by atoms with Crippen molar-refractivity contribution in [2.45, 2.75) is 25.4 Å². The summed E-state index contributed by atoms with van der Waals surface area (Å²) >= 11 is 0. The highest BCUT2D eigenvalue weighted by molar-refractivity contribution is 5.84. The Morgan fingerprint density at radius 3 is 2.32 bits per heavy atom. The number of hydrogen-bond donors (Lipinski definition) is 4. The van der Waals surface area contributed by atoms with E-state index in [0.717, 1.165) is 11.1 Å². The van der Waals surface area contributed by atoms with Crippen LogP contribution in [0.4, 0.5) is 11.4 Å². The van der Waals surface area contributed by atoms with Crippen LogP contribution in [0.25, 0.3) is 0 Å². The minimum absolute atomic E-state index is 0.395. The van der Waals surface area contributed by atoms with Gasteiger partial charge in [-0.3, -0.25) is 10.1 Å². The van der Waals surface area contributed by atoms with Crippen molar-refractivity contribution in [1.29, 1.82) is 0 Å². The van der Waals surface area contributed by atoms with Crippen molar-refractivity contribution < 1.29 is 4.79 Å². The molecule has 0 radical (unpaired) electrons. The monoisotopic (exact) mass is 298 g/mol. The zero-order valence-electron chi connectivity index (χ0n) is 12.7. The lowest BCUT2D eigenvalue weighted by Gasteiger charge is -2.28. The largest absolute Gasteiger partial charge is 0.399 e. The van der Waals surface area contributed by atoms with Gasteiger partial charge in [-0.25, -0.2) is 0 Å². The maximum absolute atomic E-state index is 11.9. The first kappa shape index (κ1) is 15.9. The van der Waals surface area contributed by atoms with Gasteiger partial charge in [0.15, 0.2) is 0 Å². The predicted octanol–water partition coefficient (Wildman–Crippen LogP) is 1.43. The zero-order valence-corrected chi connectivity index (χ0v) is 12.7. The summed E-state index contributed by atoms with van der Waals surface area (Å²) in [5.41, 5.74) is 19.6. The molecule has 5 heteroatoms. The second-order valence-electron chi connectivity index (χ2n) is 5.71. The van der Waals surface area contributed by atoms with Crippen LogP contribution >= 0.6 is 0 Å². The van der Waals surface area contributed by atoms with Crippen LogP contribution < -0.4 is 22.5 Å². The van der Waals surface area contributed by atoms with Crippen molar-refractivity contribution >= 4 is 17.3 Å². The van der Waals surface area contributed by atoms with Crippen molar-refractivity contribution in [1.82, 2.24) is 5.32 Å². The average molecular weight is 298 g/mol. The van der Waals surface area contributed by atoms with E-state index in [9.17, 15) is 4.79 Å². The number of carbonyl (C=O) groups is 1. The number of rotatable bonds is 6. The van der Waals surface area contributed by atoms with E-state index in [1.165, 1.54) is 0 Å². The van der Waals surface area contributed by atoms with Gasteiger partial charge >= 0.3 is 0 Å². The summed E-state index contributed by atoms with van der Waals surface area (Å²) in [4.78, 5) is 11.9. The van der Waals surface area contributed by atoms with Gasteiger partial charge in [0.2, 0.25) is 5.91 Å². The SMILES string of the molecule is CC(Cc1ccc(N)cc1)(NCc1cccc(N)c1)C(N)=O. The second-order valence-corrected chi connectivity index (χ2v) is 5.71. The first-order valence-electron chi connectivity index (χ1n) is 7.13. The van der Waals surface area contributed by atoms with E-state index in [1.807, 2.05) is 48.5 Å². The summed E-state index contributed by atoms with van der Waals surface area (Å²) < 4.78 is 0. The van der Waals surface area contributed by atoms with Crippen molar-refractivity contribution in [3.05, 3.63) is 59.7 Å². The molecular formula is C17H22N4O. The first-order chi connectivity index (χ1) is 10.4. The molecule has 7 N–H and O–H groups in total. The van der Waals surface area contributed by atoms with E-state index in [0.29, 0.717) is 24.3 Å². The Hall–Kier alpha value is -2.53. The number of nitrogen functional groups attached to an aromatic ring is 2. The van der Waals surface area contributed by atoms with Crippen LogP contribution in [0.2, 0.25) is 0 Å². The van der Waals surface area contributed by atoms with Crippen LogP contribution in [0.1, 0.15) is 18.1 Å². The molecule has 2 aromatic carbocycles. The number of amides is 1. The van der Waals surface area contributed by atoms with E-state index in [2.05, 4.69) is 5.32 Å². The Balaban J connectivity index is 2.10. The van der Waals surface area contributed by atoms with E-state index < -0.39 is 11.4 Å². The molecule has 0 aliphatic heterocycles. The summed E-state index contributed by atoms with van der Waals surface area (Å²) in [5.74, 6) is -0.395. The highest BCUT2D eigenvalue weighted by atomic mass is 16.1. The Morgan fingerprint density at radius 1 is 1.05 bits per heavy atom. The molecule has 0 bridgehead atoms. The number of hydrogen-bond acceptors (Lipinski definition) is 4. The molecule has 1 atom stereocenters. The van der Waals surface area contributed by atoms with Gasteiger partial charge in [-0.15, -0.1) is 0 Å². The fourth-order valence-corrected chi connectivity index (χ4v) is 2.28. The first-order valence-corrected chi connectivity index (χ1v) is 7.13. The maximum atomic E-state index is 11.9. The highest BCUT2D eigenvalue weighted by Crippen LogP contribution is 2.16. The van der Waals surface area contributed by atoms with Gasteiger partial charge in [-0.2, -0.15) is 0 Å². The summed E-state index contributed by atoms with van der Waals surface area (Å²) in [6.45, 7) is 2.32. The molecule has 0 aromatic heterocycles. The maximum Gasteiger partial charge on any atom is 0.237 e. The molecule has 0 heterocycles. The second kappa shape index (κ2) is 6.49. The predicted molar refractivity (Wildman–Crippen MR) is 89.9 cm³/mol. The number of anilines is 2. The van der Waals surface area contributed by atoms with Crippen LogP contribution in [-0.2, 0) is 17.8 Å². The lowest BCUT2D eigenvalue weighted by Crippen LogP contribution is -2.54. The van der Waals surface area contributed by atoms with Crippen molar-refractivity contribution in [3.8, 4) is 0 Å². The molecule has 5 nitrogen and oxygen atoms in total. The number of primary amides is 1. The minimum Gasteiger partial charge on any atom is -0.399 e. The fourth-order valence-electron chi connectivity index (χ4n) is 2.28. The van der Waals surface area contributed by atoms with E-state index >= 15 is 0 Å². The third kappa shape index (κ3) is 3.99. The van der Waals surface area contributed by atoms with Gasteiger partial charge in [-0.1, -0.05) is 24.3 Å². The van der Waals surface area contributed by atoms with Crippen molar-refractivity contribution in [3.63, 3.8) is 0 Å². The van der Waals surface area contributed by atoms with Gasteiger partial charge < -0.3 is 17.2 Å². The lowest BCUT2D eigenvalue weighted by molar-refractivity contribution is -0.123. The molecule has 0 saturated carbocycles. The molecule has 0 saturated heterocycles. The van der Waals surface area contributed by atoms with Crippen LogP contribution in [0.3, 0.4) is 0 Å². The number of benzene rings is 2. The van der Waals surface area contributed by atoms with Crippen LogP contribution in [0.5, 0.6) is 0 Å². The summed E-state index contributed by atoms with van der Waals surface area (Å²) in [7, 11) is 0. The van der Waals surface area contributed by atoms with Gasteiger partial charge in [0.05, 0.1) is 5.54 Å². The summed E-state index contributed by atoms with van der Waals surface area (Å²) in [6.07, 6.45) is 0.491. The van der Waals surface area contributed by atoms with E-state index in [1.54, 1.807) is 6.92 Å². The molecule has 0 spiro atoms. The van der Waals surface area contributed by atoms with Crippen LogP contribution in [-0.4, -0.2) is 11.4 Å². The molecule has 1 amide bonds. The summed E-state index contributed by atoms with van der Waals surface area (Å²) in [5, 5.41) is 3.24. The topological polar surface area (TPSA) is 107 Å². The van der Waals surface area contributed by atoms with Gasteiger partial charge in [0, 0.05) is 17.9 Å². The molecule has 0 aliphatic rings. The van der Waals surface area contributed by atoms with Crippen LogP contribution in [0.15, 0.2) is 48.5 Å². The van der Waals surface area contributed by atoms with Crippen LogP contribution in [0, 0.1) is 0 Å². The fraction of sp³-hybridized carbons (Fsp3) is 0.235. The third-order valence-electron chi connectivity index (χ3n) is 3.71. The smallest absolute Gasteiger partial charge is 0.237 e. The Bertz CT molecular complexity index is 654. The van der Waals surface area contributed by atoms with E-state index in [4.69, 9.17) is 17.2 Å². The Labute approximate surface area is 130 Å². The van der Waals surface area contributed by atoms with Crippen molar-refractivity contribution in [2.75, 3.05) is 11.5 Å². The molecule has 0 fully saturated rings. The number of carbonyl (C=O) groups excluding carboxylic acids is 1. The molecular weight excluding hydrogens is 276 g/mol. The molecule has 2 aromatic rings. The molecule has 22 heavy (non-hydrogen) atoms. The quantitative estimate of drug-likeness (QED) is 0.605. The van der Waals surface area contributed by atoms with Gasteiger partial charge in [0.1, 0.15) is 0 Å². The third-order valence-corrected chi connectivity index (χ3v) is 3.71. The molecule has 2 rings (SSSR count). The highest BCUT2D eigenvalue weighted by Gasteiger charge is 2.30. The molecule has 0 aliphatic carbocycles.